The Morgan fingerprint density at radius 1 is 1.40 bits per heavy atom. The van der Waals surface area contributed by atoms with Gasteiger partial charge in [-0.05, 0) is 25.0 Å². The summed E-state index contributed by atoms with van der Waals surface area (Å²) < 4.78 is 11.3. The van der Waals surface area contributed by atoms with E-state index >= 15 is 0 Å². The second kappa shape index (κ2) is 9.26. The second-order valence-electron chi connectivity index (χ2n) is 7.53. The number of nitrogens with one attached hydrogen (secondary N) is 2. The number of rotatable bonds is 7. The van der Waals surface area contributed by atoms with Crippen molar-refractivity contribution in [1.82, 2.24) is 10.6 Å². The topological polar surface area (TPSA) is 58.8 Å². The molecule has 2 fully saturated rings. The van der Waals surface area contributed by atoms with Gasteiger partial charge in [0.25, 0.3) is 0 Å². The smallest absolute Gasteiger partial charge is 0.191 e. The third kappa shape index (κ3) is 4.70. The van der Waals surface area contributed by atoms with Gasteiger partial charge < -0.3 is 19.8 Å². The average molecular weight is 461 g/mol. The predicted octanol–water partition coefficient (Wildman–Crippen LogP) is 3.59. The fourth-order valence-corrected chi connectivity index (χ4v) is 4.03. The third-order valence-corrected chi connectivity index (χ3v) is 5.42. The first kappa shape index (κ1) is 20.6. The molecule has 5 nitrogen and oxygen atoms in total. The minimum Gasteiger partial charge on any atom is -0.469 e. The maximum Gasteiger partial charge on any atom is 0.191 e. The Balaban J connectivity index is 0.00000225. The molecule has 3 rings (SSSR count). The van der Waals surface area contributed by atoms with E-state index in [1.807, 2.05) is 12.1 Å². The summed E-state index contributed by atoms with van der Waals surface area (Å²) in [6.45, 7) is 9.37. The van der Waals surface area contributed by atoms with E-state index in [9.17, 15) is 0 Å². The van der Waals surface area contributed by atoms with E-state index in [4.69, 9.17) is 14.1 Å². The normalized spacial score (nSPS) is 27.2. The standard InChI is InChI=1S/C19H31N3O2.HI/c1-4-5-10-20-18(21-11-8-14-7-6-12-23-14)22-16-15-9-13-24-17(15)19(16,2)3;/h6-7,12,15-17H,4-5,8-11,13H2,1-3H3,(H2,20,21,22);1H. The van der Waals surface area contributed by atoms with Gasteiger partial charge in [0.2, 0.25) is 0 Å². The number of nitrogens with zero attached hydrogens (tertiary/aromatic N) is 1. The zero-order valence-corrected chi connectivity index (χ0v) is 17.9. The lowest BCUT2D eigenvalue weighted by atomic mass is 9.57. The second-order valence-corrected chi connectivity index (χ2v) is 7.53. The first-order valence-electron chi connectivity index (χ1n) is 9.31. The maximum atomic E-state index is 5.89. The van der Waals surface area contributed by atoms with E-state index < -0.39 is 0 Å². The van der Waals surface area contributed by atoms with Crippen LogP contribution in [0, 0.1) is 11.3 Å². The molecule has 0 bridgehead atoms. The molecule has 1 saturated heterocycles. The molecule has 142 valence electrons. The van der Waals surface area contributed by atoms with Crippen molar-refractivity contribution >= 4 is 29.9 Å². The van der Waals surface area contributed by atoms with Gasteiger partial charge in [-0.1, -0.05) is 27.2 Å². The molecule has 1 aromatic rings. The molecule has 1 aliphatic heterocycles. The Morgan fingerprint density at radius 3 is 2.96 bits per heavy atom. The highest BCUT2D eigenvalue weighted by Gasteiger charge is 2.59. The van der Waals surface area contributed by atoms with Gasteiger partial charge in [-0.15, -0.1) is 24.0 Å². The lowest BCUT2D eigenvalue weighted by Crippen LogP contribution is -2.68. The number of furan rings is 1. The number of halogens is 1. The molecule has 25 heavy (non-hydrogen) atoms. The molecule has 2 aliphatic rings. The van der Waals surface area contributed by atoms with Crippen LogP contribution in [0.4, 0.5) is 0 Å². The molecule has 0 aromatic carbocycles. The van der Waals surface area contributed by atoms with Gasteiger partial charge in [-0.25, -0.2) is 0 Å². The van der Waals surface area contributed by atoms with E-state index in [1.165, 1.54) is 0 Å². The number of fused-ring (bicyclic) bond motifs is 1. The van der Waals surface area contributed by atoms with Crippen molar-refractivity contribution in [3.05, 3.63) is 24.2 Å². The van der Waals surface area contributed by atoms with Crippen LogP contribution in [0.3, 0.4) is 0 Å². The van der Waals surface area contributed by atoms with Crippen LogP contribution in [0.15, 0.2) is 27.8 Å². The number of unbranched alkanes of at least 4 members (excludes halogenated alkanes) is 1. The van der Waals surface area contributed by atoms with Crippen molar-refractivity contribution in [2.45, 2.75) is 58.6 Å². The summed E-state index contributed by atoms with van der Waals surface area (Å²) in [5, 5.41) is 7.15. The molecular formula is C19H32IN3O2. The van der Waals surface area contributed by atoms with Crippen LogP contribution >= 0.6 is 24.0 Å². The molecule has 0 spiro atoms. The molecule has 3 unspecified atom stereocenters. The van der Waals surface area contributed by atoms with Crippen molar-refractivity contribution in [3.63, 3.8) is 0 Å². The van der Waals surface area contributed by atoms with Gasteiger partial charge in [0, 0.05) is 43.5 Å². The van der Waals surface area contributed by atoms with Crippen LogP contribution in [-0.2, 0) is 11.2 Å². The first-order valence-corrected chi connectivity index (χ1v) is 9.31. The van der Waals surface area contributed by atoms with Crippen LogP contribution < -0.4 is 10.6 Å². The number of guanidine groups is 1. The Morgan fingerprint density at radius 2 is 2.24 bits per heavy atom. The van der Waals surface area contributed by atoms with Gasteiger partial charge in [-0.3, -0.25) is 4.99 Å². The Kier molecular flexibility index (Phi) is 7.61. The van der Waals surface area contributed by atoms with E-state index in [1.54, 1.807) is 6.26 Å². The van der Waals surface area contributed by atoms with Gasteiger partial charge in [-0.2, -0.15) is 0 Å². The maximum absolute atomic E-state index is 5.89. The number of hydrogen-bond donors (Lipinski definition) is 2. The summed E-state index contributed by atoms with van der Waals surface area (Å²) in [6.07, 6.45) is 6.42. The van der Waals surface area contributed by atoms with E-state index in [2.05, 4.69) is 31.4 Å². The molecule has 1 aliphatic carbocycles. The molecule has 2 N–H and O–H groups in total. The largest absolute Gasteiger partial charge is 0.469 e. The minimum absolute atomic E-state index is 0. The number of aliphatic imine (C=N–C) groups is 1. The van der Waals surface area contributed by atoms with Crippen LogP contribution in [0.5, 0.6) is 0 Å². The highest BCUT2D eigenvalue weighted by molar-refractivity contribution is 14.0. The van der Waals surface area contributed by atoms with Gasteiger partial charge in [0.15, 0.2) is 5.96 Å². The summed E-state index contributed by atoms with van der Waals surface area (Å²) in [7, 11) is 0. The summed E-state index contributed by atoms with van der Waals surface area (Å²) in [5.74, 6) is 2.55. The summed E-state index contributed by atoms with van der Waals surface area (Å²) in [5.41, 5.74) is 0.162. The monoisotopic (exact) mass is 461 g/mol. The van der Waals surface area contributed by atoms with Crippen molar-refractivity contribution in [1.29, 1.82) is 0 Å². The van der Waals surface area contributed by atoms with Gasteiger partial charge >= 0.3 is 0 Å². The van der Waals surface area contributed by atoms with Gasteiger partial charge in [0.05, 0.1) is 12.4 Å². The molecule has 1 aromatic heterocycles. The van der Waals surface area contributed by atoms with Crippen LogP contribution in [0.2, 0.25) is 0 Å². The predicted molar refractivity (Wildman–Crippen MR) is 112 cm³/mol. The fraction of sp³-hybridized carbons (Fsp3) is 0.737. The Bertz CT molecular complexity index is 545. The molecular weight excluding hydrogens is 429 g/mol. The minimum atomic E-state index is 0. The average Bonchev–Trinajstić information content (AvgIpc) is 3.22. The lowest BCUT2D eigenvalue weighted by molar-refractivity contribution is -0.106. The van der Waals surface area contributed by atoms with Crippen LogP contribution in [-0.4, -0.2) is 37.8 Å². The molecule has 0 radical (unpaired) electrons. The van der Waals surface area contributed by atoms with E-state index in [0.29, 0.717) is 18.1 Å². The highest BCUT2D eigenvalue weighted by atomic mass is 127. The fourth-order valence-electron chi connectivity index (χ4n) is 4.03. The Labute approximate surface area is 168 Å². The van der Waals surface area contributed by atoms with Crippen LogP contribution in [0.1, 0.15) is 45.8 Å². The van der Waals surface area contributed by atoms with Gasteiger partial charge in [0.1, 0.15) is 5.76 Å². The molecule has 3 atom stereocenters. The Hall–Kier alpha value is -0.760. The molecule has 1 saturated carbocycles. The van der Waals surface area contributed by atoms with Crippen molar-refractivity contribution < 1.29 is 9.15 Å². The molecule has 6 heteroatoms. The number of ether oxygens (including phenoxy) is 1. The van der Waals surface area contributed by atoms with Crippen molar-refractivity contribution in [2.24, 2.45) is 16.3 Å². The zero-order valence-electron chi connectivity index (χ0n) is 15.6. The highest BCUT2D eigenvalue weighted by Crippen LogP contribution is 2.52. The third-order valence-electron chi connectivity index (χ3n) is 5.42. The van der Waals surface area contributed by atoms with Crippen molar-refractivity contribution in [2.75, 3.05) is 19.7 Å². The SMILES string of the molecule is CCCCN=C(NCCc1ccco1)NC1C2CCOC2C1(C)C.I. The zero-order chi connectivity index (χ0) is 17.0. The quantitative estimate of drug-likeness (QED) is 0.282. The van der Waals surface area contributed by atoms with E-state index in [-0.39, 0.29) is 29.4 Å². The molecule has 2 heterocycles. The lowest BCUT2D eigenvalue weighted by Gasteiger charge is -2.54. The first-order chi connectivity index (χ1) is 11.6. The van der Waals surface area contributed by atoms with Crippen LogP contribution in [0.25, 0.3) is 0 Å². The summed E-state index contributed by atoms with van der Waals surface area (Å²) in [6, 6.07) is 4.38. The van der Waals surface area contributed by atoms with E-state index in [0.717, 1.165) is 57.1 Å². The van der Waals surface area contributed by atoms with Crippen molar-refractivity contribution in [3.8, 4) is 0 Å². The summed E-state index contributed by atoms with van der Waals surface area (Å²) in [4.78, 5) is 4.76. The number of hydrogen-bond acceptors (Lipinski definition) is 3. The summed E-state index contributed by atoms with van der Waals surface area (Å²) >= 11 is 0. The molecule has 0 amide bonds.